The third kappa shape index (κ3) is 4.31. The molecular weight excluding hydrogens is 512 g/mol. The molecule has 5 heterocycles. The maximum atomic E-state index is 5.37. The first-order valence-corrected chi connectivity index (χ1v) is 16.5. The van der Waals surface area contributed by atoms with Crippen LogP contribution in [0.3, 0.4) is 0 Å². The molecule has 4 heteroatoms. The van der Waals surface area contributed by atoms with Crippen molar-refractivity contribution in [3.63, 3.8) is 0 Å². The lowest BCUT2D eigenvalue weighted by Crippen LogP contribution is -2.27. The van der Waals surface area contributed by atoms with Crippen LogP contribution in [0.15, 0.2) is 43.7 Å². The maximum Gasteiger partial charge on any atom is 0.0686 e. The highest BCUT2D eigenvalue weighted by Gasteiger charge is 2.35. The van der Waals surface area contributed by atoms with Crippen LogP contribution in [0, 0.1) is 39.5 Å². The number of hydrogen-bond acceptors (Lipinski definition) is 2. The van der Waals surface area contributed by atoms with Crippen molar-refractivity contribution in [1.82, 2.24) is 9.97 Å². The summed E-state index contributed by atoms with van der Waals surface area (Å²) >= 11 is 0. The van der Waals surface area contributed by atoms with E-state index in [2.05, 4.69) is 77.5 Å². The number of hydrogen-bond donors (Lipinski definition) is 2. The van der Waals surface area contributed by atoms with Crippen LogP contribution in [-0.2, 0) is 0 Å². The molecule has 2 aromatic rings. The van der Waals surface area contributed by atoms with Crippen molar-refractivity contribution in [2.45, 2.75) is 119 Å². The van der Waals surface area contributed by atoms with E-state index in [0.29, 0.717) is 23.7 Å². The summed E-state index contributed by atoms with van der Waals surface area (Å²) in [5, 5.41) is 0. The summed E-state index contributed by atoms with van der Waals surface area (Å²) < 4.78 is 0. The first-order chi connectivity index (χ1) is 20.1. The Labute approximate surface area is 252 Å². The fraction of sp³-hybridized carbons (Fsp3) is 0.526. The van der Waals surface area contributed by atoms with E-state index in [0.717, 1.165) is 17.8 Å². The number of aromatic amines is 2. The predicted molar refractivity (Wildman–Crippen MR) is 178 cm³/mol. The number of allylic oxidation sites excluding steroid dienone is 4. The average Bonchev–Trinajstić information content (AvgIpc) is 3.64. The maximum absolute atomic E-state index is 5.37. The molecule has 0 radical (unpaired) electrons. The molecule has 5 aliphatic rings. The zero-order valence-corrected chi connectivity index (χ0v) is 27.0. The molecule has 2 saturated carbocycles. The van der Waals surface area contributed by atoms with E-state index in [1.54, 1.807) is 0 Å². The van der Waals surface area contributed by atoms with E-state index < -0.39 is 0 Å². The minimum atomic E-state index is 0.496. The summed E-state index contributed by atoms with van der Waals surface area (Å²) in [6.45, 7) is 18.4. The molecule has 2 aromatic heterocycles. The van der Waals surface area contributed by atoms with Gasteiger partial charge in [-0.15, -0.1) is 0 Å². The van der Waals surface area contributed by atoms with Gasteiger partial charge in [-0.05, 0) is 162 Å². The number of nitrogens with zero attached hydrogens (tertiary/aromatic N) is 2. The van der Waals surface area contributed by atoms with Crippen molar-refractivity contribution in [2.24, 2.45) is 21.8 Å². The molecule has 4 nitrogen and oxygen atoms in total. The van der Waals surface area contributed by atoms with Crippen LogP contribution >= 0.6 is 0 Å². The van der Waals surface area contributed by atoms with Gasteiger partial charge in [-0.2, -0.15) is 0 Å². The Morgan fingerprint density at radius 2 is 0.881 bits per heavy atom. The van der Waals surface area contributed by atoms with E-state index in [9.17, 15) is 0 Å². The SMILES string of the molecule is CC1=C(C)C2=NC1=Cc1[nH]c(c(C)c1C)[C@H]1CCC[C@@H](C1)c1[nH]c(c(C)c1C)/C=C1\N=C(C(C)=C1C)[C@H]1CCC[C@H]2C1. The lowest BCUT2D eigenvalue weighted by Gasteiger charge is -2.30. The Balaban J connectivity index is 1.39. The molecule has 42 heavy (non-hydrogen) atoms. The Kier molecular flexibility index (Phi) is 6.75. The molecule has 0 saturated heterocycles. The molecule has 220 valence electrons. The second kappa shape index (κ2) is 10.2. The van der Waals surface area contributed by atoms with E-state index in [-0.39, 0.29) is 0 Å². The second-order valence-electron chi connectivity index (χ2n) is 14.1. The molecule has 3 aliphatic heterocycles. The zero-order chi connectivity index (χ0) is 29.4. The Morgan fingerprint density at radius 1 is 0.500 bits per heavy atom. The third-order valence-electron chi connectivity index (χ3n) is 11.9. The van der Waals surface area contributed by atoms with Gasteiger partial charge >= 0.3 is 0 Å². The summed E-state index contributed by atoms with van der Waals surface area (Å²) in [6.07, 6.45) is 14.5. The van der Waals surface area contributed by atoms with Crippen molar-refractivity contribution in [3.05, 3.63) is 78.7 Å². The summed E-state index contributed by atoms with van der Waals surface area (Å²) in [4.78, 5) is 18.6. The Hall–Kier alpha value is -3.14. The van der Waals surface area contributed by atoms with Crippen molar-refractivity contribution >= 4 is 23.6 Å². The Bertz CT molecular complexity index is 1550. The van der Waals surface area contributed by atoms with Gasteiger partial charge in [0.1, 0.15) is 0 Å². The molecule has 7 rings (SSSR count). The minimum Gasteiger partial charge on any atom is -0.358 e. The van der Waals surface area contributed by atoms with Crippen LogP contribution in [0.5, 0.6) is 0 Å². The van der Waals surface area contributed by atoms with Crippen molar-refractivity contribution in [3.8, 4) is 0 Å². The number of aliphatic imine (C=N–C) groups is 2. The van der Waals surface area contributed by atoms with Gasteiger partial charge in [-0.3, -0.25) is 9.98 Å². The smallest absolute Gasteiger partial charge is 0.0686 e. The molecule has 12 bridgehead atoms. The first-order valence-electron chi connectivity index (χ1n) is 16.5. The normalized spacial score (nSPS) is 28.9. The van der Waals surface area contributed by atoms with Gasteiger partial charge in [-0.1, -0.05) is 12.8 Å². The lowest BCUT2D eigenvalue weighted by atomic mass is 9.74. The number of nitrogens with one attached hydrogen (secondary N) is 2. The summed E-state index contributed by atoms with van der Waals surface area (Å²) in [5.41, 5.74) is 21.4. The van der Waals surface area contributed by atoms with Gasteiger partial charge in [0.05, 0.1) is 11.4 Å². The molecule has 2 N–H and O–H groups in total. The molecule has 0 unspecified atom stereocenters. The average molecular weight is 561 g/mol. The Morgan fingerprint density at radius 3 is 1.31 bits per heavy atom. The first kappa shape index (κ1) is 27.7. The van der Waals surface area contributed by atoms with Gasteiger partial charge in [-0.25, -0.2) is 0 Å². The van der Waals surface area contributed by atoms with Crippen molar-refractivity contribution in [2.75, 3.05) is 0 Å². The van der Waals surface area contributed by atoms with Gasteiger partial charge in [0.2, 0.25) is 0 Å². The predicted octanol–water partition coefficient (Wildman–Crippen LogP) is 10.1. The third-order valence-corrected chi connectivity index (χ3v) is 11.9. The van der Waals surface area contributed by atoms with Crippen LogP contribution in [0.25, 0.3) is 12.2 Å². The molecule has 0 aromatic carbocycles. The van der Waals surface area contributed by atoms with Gasteiger partial charge in [0.15, 0.2) is 0 Å². The highest BCUT2D eigenvalue weighted by Crippen LogP contribution is 2.45. The van der Waals surface area contributed by atoms with Crippen molar-refractivity contribution < 1.29 is 0 Å². The van der Waals surface area contributed by atoms with Crippen LogP contribution in [-0.4, -0.2) is 21.4 Å². The summed E-state index contributed by atoms with van der Waals surface area (Å²) in [5.74, 6) is 2.10. The highest BCUT2D eigenvalue weighted by atomic mass is 14.8. The summed E-state index contributed by atoms with van der Waals surface area (Å²) in [6, 6.07) is 0. The molecule has 2 aliphatic carbocycles. The fourth-order valence-corrected chi connectivity index (χ4v) is 8.69. The highest BCUT2D eigenvalue weighted by molar-refractivity contribution is 6.09. The van der Waals surface area contributed by atoms with Crippen LogP contribution in [0.4, 0.5) is 0 Å². The van der Waals surface area contributed by atoms with E-state index in [4.69, 9.17) is 9.98 Å². The van der Waals surface area contributed by atoms with Crippen LogP contribution < -0.4 is 0 Å². The molecular formula is C38H48N4. The van der Waals surface area contributed by atoms with E-state index in [1.807, 2.05) is 0 Å². The molecule has 0 spiro atoms. The molecule has 4 atom stereocenters. The van der Waals surface area contributed by atoms with E-state index >= 15 is 0 Å². The number of H-pyrrole nitrogens is 2. The fourth-order valence-electron chi connectivity index (χ4n) is 8.69. The van der Waals surface area contributed by atoms with Crippen LogP contribution in [0.1, 0.15) is 136 Å². The number of aromatic nitrogens is 2. The van der Waals surface area contributed by atoms with Gasteiger partial charge in [0.25, 0.3) is 0 Å². The van der Waals surface area contributed by atoms with E-state index in [1.165, 1.54) is 124 Å². The lowest BCUT2D eigenvalue weighted by molar-refractivity contribution is 0.383. The largest absolute Gasteiger partial charge is 0.358 e. The zero-order valence-electron chi connectivity index (χ0n) is 27.0. The topological polar surface area (TPSA) is 56.3 Å². The van der Waals surface area contributed by atoms with Crippen molar-refractivity contribution in [1.29, 1.82) is 0 Å². The number of fused-ring (bicyclic) bond motifs is 14. The van der Waals surface area contributed by atoms with Crippen LogP contribution in [0.2, 0.25) is 0 Å². The monoisotopic (exact) mass is 560 g/mol. The molecule has 2 fully saturated rings. The second-order valence-corrected chi connectivity index (χ2v) is 14.1. The van der Waals surface area contributed by atoms with Gasteiger partial charge in [0, 0.05) is 46.0 Å². The molecule has 0 amide bonds. The minimum absolute atomic E-state index is 0.496. The van der Waals surface area contributed by atoms with Gasteiger partial charge < -0.3 is 9.97 Å². The quantitative estimate of drug-likeness (QED) is 0.322. The standard InChI is InChI=1S/C38H48N4/c1-19-23(5)35-27-11-9-12-28(15-27)37-25(7)21(3)33(41-37)18-34-22(4)26(8)38(42-34)30-14-10-13-29(16-30)36-24(6)20(2)32(40-36)17-31(19)39-35/h17-18,27-30,39,41H,9-16H2,1-8H3/b32-17-,34-18?/t27-,28-,29-,30-/m0/s1. The number of rotatable bonds is 0. The summed E-state index contributed by atoms with van der Waals surface area (Å²) in [7, 11) is 0.